The van der Waals surface area contributed by atoms with E-state index in [9.17, 15) is 0 Å². The molecule has 0 saturated heterocycles. The average molecular weight is 297 g/mol. The summed E-state index contributed by atoms with van der Waals surface area (Å²) in [5, 5.41) is 8.84. The lowest BCUT2D eigenvalue weighted by Crippen LogP contribution is -2.10. The van der Waals surface area contributed by atoms with Crippen LogP contribution in [0.15, 0.2) is 48.5 Å². The Balaban J connectivity index is 1.82. The molecule has 4 nitrogen and oxygen atoms in total. The highest BCUT2D eigenvalue weighted by atomic mass is 16.5. The van der Waals surface area contributed by atoms with E-state index in [1.165, 1.54) is 0 Å². The third-order valence-corrected chi connectivity index (χ3v) is 2.88. The third-order valence-electron chi connectivity index (χ3n) is 2.88. The first kappa shape index (κ1) is 15.7. The Hall–Kier alpha value is -2.67. The highest BCUT2D eigenvalue weighted by Crippen LogP contribution is 2.26. The highest BCUT2D eigenvalue weighted by Gasteiger charge is 2.04. The van der Waals surface area contributed by atoms with Crippen molar-refractivity contribution in [1.29, 1.82) is 5.26 Å². The van der Waals surface area contributed by atoms with Gasteiger partial charge in [0.15, 0.2) is 11.5 Å². The van der Waals surface area contributed by atoms with Crippen LogP contribution in [0, 0.1) is 11.3 Å². The summed E-state index contributed by atoms with van der Waals surface area (Å²) in [5.41, 5.74) is 0.580. The Kier molecular flexibility index (Phi) is 6.13. The SMILES string of the molecule is CCCOc1ccccc1OCCOc1cccc(C#N)c1. The number of ether oxygens (including phenoxy) is 3. The van der Waals surface area contributed by atoms with Crippen molar-refractivity contribution in [2.24, 2.45) is 0 Å². The standard InChI is InChI=1S/C18H19NO3/c1-2-10-21-17-8-3-4-9-18(17)22-12-11-20-16-7-5-6-15(13-16)14-19/h3-9,13H,2,10-12H2,1H3. The fourth-order valence-corrected chi connectivity index (χ4v) is 1.87. The molecule has 22 heavy (non-hydrogen) atoms. The molecule has 0 aliphatic carbocycles. The first-order valence-electron chi connectivity index (χ1n) is 7.31. The van der Waals surface area contributed by atoms with Crippen molar-refractivity contribution in [3.63, 3.8) is 0 Å². The summed E-state index contributed by atoms with van der Waals surface area (Å²) in [7, 11) is 0. The maximum atomic E-state index is 8.84. The molecule has 0 aliphatic heterocycles. The topological polar surface area (TPSA) is 51.5 Å². The Bertz CT molecular complexity index is 634. The quantitative estimate of drug-likeness (QED) is 0.695. The van der Waals surface area contributed by atoms with Gasteiger partial charge in [0.05, 0.1) is 18.2 Å². The number of hydrogen-bond donors (Lipinski definition) is 0. The predicted molar refractivity (Wildman–Crippen MR) is 84.4 cm³/mol. The summed E-state index contributed by atoms with van der Waals surface area (Å²) >= 11 is 0. The van der Waals surface area contributed by atoms with E-state index in [1.54, 1.807) is 18.2 Å². The first-order chi connectivity index (χ1) is 10.8. The normalized spacial score (nSPS) is 9.82. The molecule has 2 aromatic carbocycles. The lowest BCUT2D eigenvalue weighted by atomic mass is 10.2. The van der Waals surface area contributed by atoms with Gasteiger partial charge in [0.2, 0.25) is 0 Å². The van der Waals surface area contributed by atoms with Crippen LogP contribution < -0.4 is 14.2 Å². The summed E-state index contributed by atoms with van der Waals surface area (Å²) in [4.78, 5) is 0. The van der Waals surface area contributed by atoms with Crippen molar-refractivity contribution in [2.75, 3.05) is 19.8 Å². The van der Waals surface area contributed by atoms with Crippen molar-refractivity contribution >= 4 is 0 Å². The molecule has 0 heterocycles. The van der Waals surface area contributed by atoms with Gasteiger partial charge in [-0.3, -0.25) is 0 Å². The Morgan fingerprint density at radius 3 is 2.23 bits per heavy atom. The minimum atomic E-state index is 0.400. The van der Waals surface area contributed by atoms with Crippen LogP contribution in [0.5, 0.6) is 17.2 Å². The zero-order valence-electron chi connectivity index (χ0n) is 12.6. The van der Waals surface area contributed by atoms with E-state index in [4.69, 9.17) is 19.5 Å². The van der Waals surface area contributed by atoms with Crippen molar-refractivity contribution in [3.05, 3.63) is 54.1 Å². The van der Waals surface area contributed by atoms with Gasteiger partial charge in [-0.05, 0) is 36.8 Å². The molecule has 0 radical (unpaired) electrons. The first-order valence-corrected chi connectivity index (χ1v) is 7.31. The number of para-hydroxylation sites is 2. The van der Waals surface area contributed by atoms with Crippen LogP contribution in [0.25, 0.3) is 0 Å². The van der Waals surface area contributed by atoms with E-state index < -0.39 is 0 Å². The summed E-state index contributed by atoms with van der Waals surface area (Å²) < 4.78 is 16.9. The molecule has 0 bridgehead atoms. The summed E-state index contributed by atoms with van der Waals surface area (Å²) in [6, 6.07) is 16.7. The molecule has 2 rings (SSSR count). The molecule has 0 aliphatic rings. The van der Waals surface area contributed by atoms with Gasteiger partial charge >= 0.3 is 0 Å². The van der Waals surface area contributed by atoms with E-state index >= 15 is 0 Å². The van der Waals surface area contributed by atoms with Gasteiger partial charge in [-0.15, -0.1) is 0 Å². The maximum absolute atomic E-state index is 8.84. The lowest BCUT2D eigenvalue weighted by molar-refractivity contribution is 0.207. The second kappa shape index (κ2) is 8.58. The number of nitrogens with zero attached hydrogens (tertiary/aromatic N) is 1. The van der Waals surface area contributed by atoms with Gasteiger partial charge in [0.25, 0.3) is 0 Å². The fourth-order valence-electron chi connectivity index (χ4n) is 1.87. The van der Waals surface area contributed by atoms with Crippen molar-refractivity contribution in [1.82, 2.24) is 0 Å². The third kappa shape index (κ3) is 4.71. The molecule has 0 atom stereocenters. The Morgan fingerprint density at radius 2 is 1.55 bits per heavy atom. The molecule has 0 saturated carbocycles. The van der Waals surface area contributed by atoms with Crippen LogP contribution in [0.1, 0.15) is 18.9 Å². The molecule has 0 N–H and O–H groups in total. The molecule has 0 amide bonds. The molecule has 4 heteroatoms. The molecule has 114 valence electrons. The van der Waals surface area contributed by atoms with Gasteiger partial charge < -0.3 is 14.2 Å². The molecule has 0 unspecified atom stereocenters. The van der Waals surface area contributed by atoms with Crippen molar-refractivity contribution < 1.29 is 14.2 Å². The number of nitriles is 1. The summed E-state index contributed by atoms with van der Waals surface area (Å²) in [5.74, 6) is 2.12. The smallest absolute Gasteiger partial charge is 0.161 e. The van der Waals surface area contributed by atoms with Crippen LogP contribution >= 0.6 is 0 Å². The number of rotatable bonds is 8. The Morgan fingerprint density at radius 1 is 0.864 bits per heavy atom. The minimum absolute atomic E-state index is 0.400. The largest absolute Gasteiger partial charge is 0.490 e. The summed E-state index contributed by atoms with van der Waals surface area (Å²) in [6.45, 7) is 3.53. The van der Waals surface area contributed by atoms with Gasteiger partial charge in [-0.25, -0.2) is 0 Å². The molecular formula is C18H19NO3. The lowest BCUT2D eigenvalue weighted by Gasteiger charge is -2.12. The van der Waals surface area contributed by atoms with Gasteiger partial charge in [0.1, 0.15) is 19.0 Å². The van der Waals surface area contributed by atoms with Crippen LogP contribution in [0.4, 0.5) is 0 Å². The van der Waals surface area contributed by atoms with E-state index in [-0.39, 0.29) is 0 Å². The minimum Gasteiger partial charge on any atom is -0.490 e. The number of hydrogen-bond acceptors (Lipinski definition) is 4. The molecule has 0 spiro atoms. The molecule has 0 fully saturated rings. The number of benzene rings is 2. The van der Waals surface area contributed by atoms with E-state index in [2.05, 4.69) is 13.0 Å². The van der Waals surface area contributed by atoms with Crippen LogP contribution in [-0.2, 0) is 0 Å². The highest BCUT2D eigenvalue weighted by molar-refractivity contribution is 5.39. The zero-order chi connectivity index (χ0) is 15.6. The van der Waals surface area contributed by atoms with Gasteiger partial charge in [0, 0.05) is 0 Å². The van der Waals surface area contributed by atoms with Gasteiger partial charge in [-0.1, -0.05) is 25.1 Å². The molecular weight excluding hydrogens is 278 g/mol. The second-order valence-electron chi connectivity index (χ2n) is 4.63. The second-order valence-corrected chi connectivity index (χ2v) is 4.63. The van der Waals surface area contributed by atoms with E-state index in [0.29, 0.717) is 36.9 Å². The monoisotopic (exact) mass is 297 g/mol. The predicted octanol–water partition coefficient (Wildman–Crippen LogP) is 3.80. The van der Waals surface area contributed by atoms with Crippen molar-refractivity contribution in [3.8, 4) is 23.3 Å². The van der Waals surface area contributed by atoms with E-state index in [0.717, 1.165) is 12.2 Å². The zero-order valence-corrected chi connectivity index (χ0v) is 12.6. The Labute approximate surface area is 130 Å². The average Bonchev–Trinajstić information content (AvgIpc) is 2.58. The molecule has 2 aromatic rings. The maximum Gasteiger partial charge on any atom is 0.161 e. The molecule has 0 aromatic heterocycles. The van der Waals surface area contributed by atoms with Gasteiger partial charge in [-0.2, -0.15) is 5.26 Å². The van der Waals surface area contributed by atoms with E-state index in [1.807, 2.05) is 30.3 Å². The van der Waals surface area contributed by atoms with Crippen molar-refractivity contribution in [2.45, 2.75) is 13.3 Å². The summed E-state index contributed by atoms with van der Waals surface area (Å²) in [6.07, 6.45) is 0.951. The fraction of sp³-hybridized carbons (Fsp3) is 0.278. The van der Waals surface area contributed by atoms with Crippen LogP contribution in [0.3, 0.4) is 0 Å². The van der Waals surface area contributed by atoms with Crippen LogP contribution in [-0.4, -0.2) is 19.8 Å². The van der Waals surface area contributed by atoms with Crippen LogP contribution in [0.2, 0.25) is 0 Å².